The molecule has 1 aliphatic rings. The van der Waals surface area contributed by atoms with Crippen LogP contribution in [-0.4, -0.2) is 85.8 Å². The Kier molecular flexibility index (Phi) is 7.65. The monoisotopic (exact) mass is 232 g/mol. The Labute approximate surface area is 97.2 Å². The largest absolute Gasteiger partial charge is 0.381 e. The van der Waals surface area contributed by atoms with E-state index in [1.54, 1.807) is 0 Å². The minimum Gasteiger partial charge on any atom is -0.381 e. The lowest BCUT2D eigenvalue weighted by Crippen LogP contribution is -2.43. The van der Waals surface area contributed by atoms with E-state index in [4.69, 9.17) is 10.2 Å². The second-order valence-corrected chi connectivity index (χ2v) is 4.02. The maximum atomic E-state index is 9.16. The van der Waals surface area contributed by atoms with E-state index in [2.05, 4.69) is 10.6 Å². The second kappa shape index (κ2) is 8.86. The zero-order chi connectivity index (χ0) is 11.6. The van der Waals surface area contributed by atoms with Gasteiger partial charge in [-0.25, -0.2) is 0 Å². The maximum Gasteiger partial charge on any atom is 0.0957 e. The van der Waals surface area contributed by atoms with Crippen molar-refractivity contribution in [3.05, 3.63) is 0 Å². The van der Waals surface area contributed by atoms with Crippen LogP contribution in [0.1, 0.15) is 0 Å². The molecule has 4 N–H and O–H groups in total. The number of hydrogen-bond acceptors (Lipinski definition) is 6. The second-order valence-electron chi connectivity index (χ2n) is 4.02. The van der Waals surface area contributed by atoms with Crippen LogP contribution in [0.5, 0.6) is 0 Å². The lowest BCUT2D eigenvalue weighted by atomic mass is 10.4. The van der Waals surface area contributed by atoms with Crippen LogP contribution in [-0.2, 0) is 0 Å². The van der Waals surface area contributed by atoms with Crippen molar-refractivity contribution < 1.29 is 10.2 Å². The lowest BCUT2D eigenvalue weighted by Gasteiger charge is -2.26. The molecular formula is C10H24N4O2. The Hall–Kier alpha value is -0.240. The van der Waals surface area contributed by atoms with Crippen molar-refractivity contribution in [1.29, 1.82) is 0 Å². The Morgan fingerprint density at radius 2 is 1.12 bits per heavy atom. The fraction of sp³-hybridized carbons (Fsp3) is 1.00. The molecule has 0 saturated carbocycles. The number of hydrogen-bond donors (Lipinski definition) is 4. The van der Waals surface area contributed by atoms with Crippen LogP contribution < -0.4 is 10.6 Å². The van der Waals surface area contributed by atoms with E-state index in [0.717, 1.165) is 52.4 Å². The van der Waals surface area contributed by atoms with E-state index in [1.165, 1.54) is 0 Å². The van der Waals surface area contributed by atoms with Crippen LogP contribution >= 0.6 is 0 Å². The number of nitrogens with one attached hydrogen (secondary N) is 2. The number of nitrogens with zero attached hydrogens (tertiary/aromatic N) is 2. The Morgan fingerprint density at radius 3 is 1.50 bits per heavy atom. The van der Waals surface area contributed by atoms with Gasteiger partial charge >= 0.3 is 0 Å². The predicted molar refractivity (Wildman–Crippen MR) is 63.1 cm³/mol. The summed E-state index contributed by atoms with van der Waals surface area (Å²) in [4.78, 5) is 3.95. The average molecular weight is 232 g/mol. The molecule has 0 radical (unpaired) electrons. The Balaban J connectivity index is 2.33. The number of aliphatic hydroxyl groups is 2. The van der Waals surface area contributed by atoms with Crippen molar-refractivity contribution in [2.24, 2.45) is 0 Å². The van der Waals surface area contributed by atoms with Gasteiger partial charge in [-0.1, -0.05) is 0 Å². The molecule has 1 fully saturated rings. The fourth-order valence-corrected chi connectivity index (χ4v) is 1.69. The molecule has 1 heterocycles. The minimum absolute atomic E-state index is 0.0825. The van der Waals surface area contributed by atoms with Crippen LogP contribution in [0.25, 0.3) is 0 Å². The first-order chi connectivity index (χ1) is 7.86. The molecule has 0 unspecified atom stereocenters. The van der Waals surface area contributed by atoms with E-state index < -0.39 is 0 Å². The van der Waals surface area contributed by atoms with Crippen molar-refractivity contribution in [2.75, 3.05) is 65.8 Å². The molecular weight excluding hydrogens is 208 g/mol. The summed E-state index contributed by atoms with van der Waals surface area (Å²) in [7, 11) is 0. The quantitative estimate of drug-likeness (QED) is 0.429. The highest BCUT2D eigenvalue weighted by Crippen LogP contribution is 1.91. The standard InChI is InChI=1S/C10H24N4O2/c15-9-13-5-3-11-1-2-12-4-6-14(10-16)8-7-13/h11-12,15-16H,1-10H2. The maximum absolute atomic E-state index is 9.16. The summed E-state index contributed by atoms with van der Waals surface area (Å²) in [6, 6.07) is 0. The molecule has 0 aromatic heterocycles. The SMILES string of the molecule is OCN1CCNCCNCCN(CO)CC1. The van der Waals surface area contributed by atoms with Crippen molar-refractivity contribution in [2.45, 2.75) is 0 Å². The molecule has 0 atom stereocenters. The van der Waals surface area contributed by atoms with E-state index in [-0.39, 0.29) is 13.5 Å². The molecule has 0 aromatic rings. The molecule has 1 saturated heterocycles. The molecule has 6 nitrogen and oxygen atoms in total. The molecule has 0 bridgehead atoms. The van der Waals surface area contributed by atoms with Gasteiger partial charge in [-0.2, -0.15) is 0 Å². The van der Waals surface area contributed by atoms with Gasteiger partial charge in [-0.3, -0.25) is 9.80 Å². The molecule has 0 spiro atoms. The van der Waals surface area contributed by atoms with Crippen molar-refractivity contribution in [1.82, 2.24) is 20.4 Å². The molecule has 1 aliphatic heterocycles. The highest BCUT2D eigenvalue weighted by atomic mass is 16.3. The minimum atomic E-state index is 0.0825. The third kappa shape index (κ3) is 5.74. The van der Waals surface area contributed by atoms with E-state index in [0.29, 0.717) is 0 Å². The number of rotatable bonds is 2. The molecule has 0 amide bonds. The number of aliphatic hydroxyl groups excluding tert-OH is 2. The van der Waals surface area contributed by atoms with Gasteiger partial charge in [-0.05, 0) is 0 Å². The third-order valence-electron chi connectivity index (χ3n) is 2.82. The van der Waals surface area contributed by atoms with Crippen molar-refractivity contribution >= 4 is 0 Å². The Bertz CT molecular complexity index is 153. The van der Waals surface area contributed by atoms with Gasteiger partial charge in [0.1, 0.15) is 0 Å². The molecule has 1 rings (SSSR count). The first kappa shape index (κ1) is 13.8. The van der Waals surface area contributed by atoms with Gasteiger partial charge in [0.15, 0.2) is 0 Å². The predicted octanol–water partition coefficient (Wildman–Crippen LogP) is -2.32. The molecule has 6 heteroatoms. The van der Waals surface area contributed by atoms with Crippen LogP contribution in [0.3, 0.4) is 0 Å². The zero-order valence-corrected chi connectivity index (χ0v) is 9.86. The van der Waals surface area contributed by atoms with Crippen molar-refractivity contribution in [3.63, 3.8) is 0 Å². The van der Waals surface area contributed by atoms with Gasteiger partial charge in [0, 0.05) is 52.4 Å². The topological polar surface area (TPSA) is 71.0 Å². The zero-order valence-electron chi connectivity index (χ0n) is 9.86. The van der Waals surface area contributed by atoms with E-state index in [1.807, 2.05) is 9.80 Å². The average Bonchev–Trinajstić information content (AvgIpc) is 2.30. The Morgan fingerprint density at radius 1 is 0.688 bits per heavy atom. The first-order valence-corrected chi connectivity index (χ1v) is 5.94. The summed E-state index contributed by atoms with van der Waals surface area (Å²) >= 11 is 0. The normalized spacial score (nSPS) is 23.6. The summed E-state index contributed by atoms with van der Waals surface area (Å²) in [5.41, 5.74) is 0. The van der Waals surface area contributed by atoms with Gasteiger partial charge < -0.3 is 20.8 Å². The molecule has 0 aromatic carbocycles. The summed E-state index contributed by atoms with van der Waals surface area (Å²) < 4.78 is 0. The summed E-state index contributed by atoms with van der Waals surface area (Å²) in [6.07, 6.45) is 0. The van der Waals surface area contributed by atoms with Crippen LogP contribution in [0.2, 0.25) is 0 Å². The highest BCUT2D eigenvalue weighted by molar-refractivity contribution is 4.64. The third-order valence-corrected chi connectivity index (χ3v) is 2.82. The smallest absolute Gasteiger partial charge is 0.0957 e. The molecule has 16 heavy (non-hydrogen) atoms. The van der Waals surface area contributed by atoms with Gasteiger partial charge in [0.25, 0.3) is 0 Å². The lowest BCUT2D eigenvalue weighted by molar-refractivity contribution is 0.0646. The summed E-state index contributed by atoms with van der Waals surface area (Å²) in [6.45, 7) is 7.10. The summed E-state index contributed by atoms with van der Waals surface area (Å²) in [5, 5.41) is 24.9. The van der Waals surface area contributed by atoms with E-state index >= 15 is 0 Å². The van der Waals surface area contributed by atoms with Crippen LogP contribution in [0.4, 0.5) is 0 Å². The molecule has 96 valence electrons. The van der Waals surface area contributed by atoms with Crippen molar-refractivity contribution in [3.8, 4) is 0 Å². The molecule has 0 aliphatic carbocycles. The highest BCUT2D eigenvalue weighted by Gasteiger charge is 2.08. The van der Waals surface area contributed by atoms with Gasteiger partial charge in [-0.15, -0.1) is 0 Å². The van der Waals surface area contributed by atoms with Crippen LogP contribution in [0.15, 0.2) is 0 Å². The van der Waals surface area contributed by atoms with Gasteiger partial charge in [0.2, 0.25) is 0 Å². The summed E-state index contributed by atoms with van der Waals surface area (Å²) in [5.74, 6) is 0. The first-order valence-electron chi connectivity index (χ1n) is 5.94. The van der Waals surface area contributed by atoms with E-state index in [9.17, 15) is 0 Å². The van der Waals surface area contributed by atoms with Gasteiger partial charge in [0.05, 0.1) is 13.5 Å². The van der Waals surface area contributed by atoms with Crippen LogP contribution in [0, 0.1) is 0 Å². The fourth-order valence-electron chi connectivity index (χ4n) is 1.69.